The zero-order chi connectivity index (χ0) is 11.8. The number of carbonyl (C=O) groups is 1. The van der Waals surface area contributed by atoms with Gasteiger partial charge in [0.25, 0.3) is 0 Å². The van der Waals surface area contributed by atoms with Crippen molar-refractivity contribution in [1.29, 1.82) is 0 Å². The van der Waals surface area contributed by atoms with Gasteiger partial charge in [-0.2, -0.15) is 0 Å². The first kappa shape index (κ1) is 11.6. The van der Waals surface area contributed by atoms with Crippen LogP contribution in [-0.4, -0.2) is 18.6 Å². The minimum Gasteiger partial charge on any atom is -0.469 e. The lowest BCUT2D eigenvalue weighted by atomic mass is 9.93. The molecule has 1 aliphatic rings. The molecule has 3 nitrogen and oxygen atoms in total. The van der Waals surface area contributed by atoms with Crippen LogP contribution in [0.15, 0.2) is 22.7 Å². The molecule has 1 aromatic rings. The van der Waals surface area contributed by atoms with Gasteiger partial charge in [0.05, 0.1) is 13.5 Å². The topological polar surface area (TPSA) is 52.3 Å². The normalized spacial score (nSPS) is 22.9. The molecule has 4 heteroatoms. The highest BCUT2D eigenvalue weighted by Crippen LogP contribution is 2.32. The van der Waals surface area contributed by atoms with Crippen LogP contribution >= 0.6 is 15.9 Å². The molecule has 0 spiro atoms. The van der Waals surface area contributed by atoms with Crippen molar-refractivity contribution in [2.75, 3.05) is 7.11 Å². The van der Waals surface area contributed by atoms with E-state index in [4.69, 9.17) is 5.73 Å². The van der Waals surface area contributed by atoms with E-state index < -0.39 is 5.54 Å². The molecule has 0 bridgehead atoms. The Balaban J connectivity index is 2.17. The molecule has 0 aromatic heterocycles. The molecule has 16 heavy (non-hydrogen) atoms. The molecule has 0 fully saturated rings. The van der Waals surface area contributed by atoms with E-state index in [-0.39, 0.29) is 12.4 Å². The Morgan fingerprint density at radius 1 is 1.50 bits per heavy atom. The molecule has 1 aromatic carbocycles. The second-order valence-corrected chi connectivity index (χ2v) is 5.30. The molecule has 0 saturated heterocycles. The Morgan fingerprint density at radius 3 is 2.88 bits per heavy atom. The Bertz CT molecular complexity index is 433. The number of benzene rings is 1. The SMILES string of the molecule is COC(=O)CC1(N)Cc2ccc(Br)cc2C1. The van der Waals surface area contributed by atoms with Crippen LogP contribution in [0.1, 0.15) is 17.5 Å². The molecule has 86 valence electrons. The summed E-state index contributed by atoms with van der Waals surface area (Å²) in [6, 6.07) is 6.13. The van der Waals surface area contributed by atoms with E-state index >= 15 is 0 Å². The maximum absolute atomic E-state index is 11.3. The summed E-state index contributed by atoms with van der Waals surface area (Å²) in [5.41, 5.74) is 8.20. The first-order valence-corrected chi connectivity index (χ1v) is 5.95. The zero-order valence-corrected chi connectivity index (χ0v) is 10.7. The second-order valence-electron chi connectivity index (χ2n) is 4.38. The fourth-order valence-corrected chi connectivity index (χ4v) is 2.65. The van der Waals surface area contributed by atoms with E-state index in [1.54, 1.807) is 0 Å². The molecular formula is C12H14BrNO2. The molecule has 2 rings (SSSR count). The van der Waals surface area contributed by atoms with Gasteiger partial charge in [-0.3, -0.25) is 4.79 Å². The molecule has 1 aliphatic carbocycles. The largest absolute Gasteiger partial charge is 0.469 e. The third-order valence-electron chi connectivity index (χ3n) is 2.98. The summed E-state index contributed by atoms with van der Waals surface area (Å²) < 4.78 is 5.72. The minimum atomic E-state index is -0.476. The van der Waals surface area contributed by atoms with Crippen LogP contribution in [0.3, 0.4) is 0 Å². The van der Waals surface area contributed by atoms with Crippen LogP contribution < -0.4 is 5.73 Å². The smallest absolute Gasteiger partial charge is 0.307 e. The summed E-state index contributed by atoms with van der Waals surface area (Å²) in [5, 5.41) is 0. The van der Waals surface area contributed by atoms with E-state index in [0.717, 1.165) is 17.3 Å². The maximum Gasteiger partial charge on any atom is 0.307 e. The van der Waals surface area contributed by atoms with Crippen molar-refractivity contribution in [1.82, 2.24) is 0 Å². The van der Waals surface area contributed by atoms with Crippen molar-refractivity contribution >= 4 is 21.9 Å². The zero-order valence-electron chi connectivity index (χ0n) is 9.13. The summed E-state index contributed by atoms with van der Waals surface area (Å²) in [7, 11) is 1.39. The van der Waals surface area contributed by atoms with Gasteiger partial charge < -0.3 is 10.5 Å². The summed E-state index contributed by atoms with van der Waals surface area (Å²) in [6.07, 6.45) is 1.75. The number of rotatable bonds is 2. The monoisotopic (exact) mass is 283 g/mol. The molecule has 0 heterocycles. The molecule has 1 unspecified atom stereocenters. The second kappa shape index (κ2) is 4.18. The number of methoxy groups -OCH3 is 1. The fourth-order valence-electron chi connectivity index (χ4n) is 2.24. The Hall–Kier alpha value is -0.870. The third-order valence-corrected chi connectivity index (χ3v) is 3.47. The first-order valence-electron chi connectivity index (χ1n) is 5.15. The van der Waals surface area contributed by atoms with E-state index in [1.807, 2.05) is 6.07 Å². The molecule has 0 saturated carbocycles. The number of nitrogens with two attached hydrogens (primary N) is 1. The third kappa shape index (κ3) is 2.28. The molecule has 0 amide bonds. The van der Waals surface area contributed by atoms with Crippen molar-refractivity contribution in [2.24, 2.45) is 5.73 Å². The number of carbonyl (C=O) groups excluding carboxylic acids is 1. The Morgan fingerprint density at radius 2 is 2.19 bits per heavy atom. The summed E-state index contributed by atoms with van der Waals surface area (Å²) in [4.78, 5) is 11.3. The average Bonchev–Trinajstić information content (AvgIpc) is 2.53. The van der Waals surface area contributed by atoms with Crippen molar-refractivity contribution in [3.8, 4) is 0 Å². The van der Waals surface area contributed by atoms with Gasteiger partial charge in [-0.1, -0.05) is 22.0 Å². The Kier molecular flexibility index (Phi) is 3.04. The molecule has 0 aliphatic heterocycles. The van der Waals surface area contributed by atoms with Gasteiger partial charge in [0, 0.05) is 10.0 Å². The van der Waals surface area contributed by atoms with Crippen LogP contribution in [0.5, 0.6) is 0 Å². The average molecular weight is 284 g/mol. The van der Waals surface area contributed by atoms with E-state index in [2.05, 4.69) is 32.8 Å². The molecule has 0 radical (unpaired) electrons. The lowest BCUT2D eigenvalue weighted by Crippen LogP contribution is -2.43. The van der Waals surface area contributed by atoms with Crippen LogP contribution in [0.2, 0.25) is 0 Å². The van der Waals surface area contributed by atoms with Crippen LogP contribution in [0.4, 0.5) is 0 Å². The summed E-state index contributed by atoms with van der Waals surface area (Å²) in [6.45, 7) is 0. The quantitative estimate of drug-likeness (QED) is 0.843. The van der Waals surface area contributed by atoms with Gasteiger partial charge in [-0.15, -0.1) is 0 Å². The van der Waals surface area contributed by atoms with Crippen molar-refractivity contribution in [3.05, 3.63) is 33.8 Å². The highest BCUT2D eigenvalue weighted by molar-refractivity contribution is 9.10. The van der Waals surface area contributed by atoms with Crippen molar-refractivity contribution < 1.29 is 9.53 Å². The maximum atomic E-state index is 11.3. The van der Waals surface area contributed by atoms with Crippen molar-refractivity contribution in [3.63, 3.8) is 0 Å². The predicted molar refractivity (Wildman–Crippen MR) is 65.1 cm³/mol. The Labute approximate surface area is 103 Å². The van der Waals surface area contributed by atoms with Crippen LogP contribution in [0, 0.1) is 0 Å². The molecule has 2 N–H and O–H groups in total. The summed E-state index contributed by atoms with van der Waals surface area (Å²) in [5.74, 6) is -0.241. The van der Waals surface area contributed by atoms with Crippen LogP contribution in [0.25, 0.3) is 0 Å². The first-order chi connectivity index (χ1) is 7.52. The molecule has 1 atom stereocenters. The highest BCUT2D eigenvalue weighted by atomic mass is 79.9. The van der Waals surface area contributed by atoms with Gasteiger partial charge in [0.1, 0.15) is 0 Å². The van der Waals surface area contributed by atoms with E-state index in [1.165, 1.54) is 18.2 Å². The number of esters is 1. The lowest BCUT2D eigenvalue weighted by molar-refractivity contribution is -0.141. The van der Waals surface area contributed by atoms with Gasteiger partial charge in [-0.05, 0) is 36.1 Å². The van der Waals surface area contributed by atoms with E-state index in [9.17, 15) is 4.79 Å². The number of hydrogen-bond donors (Lipinski definition) is 1. The standard InChI is InChI=1S/C12H14BrNO2/c1-16-11(15)7-12(14)5-8-2-3-10(13)4-9(8)6-12/h2-4H,5-7,14H2,1H3. The number of ether oxygens (including phenoxy) is 1. The number of halogens is 1. The summed E-state index contributed by atoms with van der Waals surface area (Å²) >= 11 is 3.43. The minimum absolute atomic E-state index is 0.241. The van der Waals surface area contributed by atoms with Crippen LogP contribution in [-0.2, 0) is 22.4 Å². The fraction of sp³-hybridized carbons (Fsp3) is 0.417. The van der Waals surface area contributed by atoms with Gasteiger partial charge in [-0.25, -0.2) is 0 Å². The highest BCUT2D eigenvalue weighted by Gasteiger charge is 2.35. The van der Waals surface area contributed by atoms with Gasteiger partial charge in [0.15, 0.2) is 0 Å². The number of hydrogen-bond acceptors (Lipinski definition) is 3. The van der Waals surface area contributed by atoms with Gasteiger partial charge >= 0.3 is 5.97 Å². The predicted octanol–water partition coefficient (Wildman–Crippen LogP) is 1.81. The lowest BCUT2D eigenvalue weighted by Gasteiger charge is -2.21. The molecular weight excluding hydrogens is 270 g/mol. The number of fused-ring (bicyclic) bond motifs is 1. The van der Waals surface area contributed by atoms with E-state index in [0.29, 0.717) is 0 Å². The van der Waals surface area contributed by atoms with Gasteiger partial charge in [0.2, 0.25) is 0 Å². The van der Waals surface area contributed by atoms with Crippen molar-refractivity contribution in [2.45, 2.75) is 24.8 Å².